The quantitative estimate of drug-likeness (QED) is 0.0584. The van der Waals surface area contributed by atoms with E-state index in [9.17, 15) is 9.90 Å². The van der Waals surface area contributed by atoms with Crippen molar-refractivity contribution in [1.82, 2.24) is 10.2 Å². The summed E-state index contributed by atoms with van der Waals surface area (Å²) in [7, 11) is 0. The SMILES string of the molecule is CCCCCCCCCOC(=O)CCCCCCCN(CCO)CCCCCCCC(C)NCCCCCCCC. The number of rotatable bonds is 34. The Labute approximate surface area is 257 Å². The fourth-order valence-corrected chi connectivity index (χ4v) is 5.60. The molecule has 0 amide bonds. The van der Waals surface area contributed by atoms with Crippen molar-refractivity contribution in [3.05, 3.63) is 0 Å². The number of aliphatic hydroxyl groups is 1. The van der Waals surface area contributed by atoms with E-state index in [0.29, 0.717) is 19.1 Å². The summed E-state index contributed by atoms with van der Waals surface area (Å²) in [4.78, 5) is 14.3. The lowest BCUT2D eigenvalue weighted by atomic mass is 10.1. The molecule has 41 heavy (non-hydrogen) atoms. The third-order valence-corrected chi connectivity index (χ3v) is 8.42. The van der Waals surface area contributed by atoms with Crippen LogP contribution in [-0.4, -0.2) is 61.4 Å². The van der Waals surface area contributed by atoms with Gasteiger partial charge in [0.15, 0.2) is 0 Å². The van der Waals surface area contributed by atoms with Gasteiger partial charge in [-0.15, -0.1) is 0 Å². The second-order valence-electron chi connectivity index (χ2n) is 12.6. The van der Waals surface area contributed by atoms with Crippen LogP contribution in [0.2, 0.25) is 0 Å². The van der Waals surface area contributed by atoms with Crippen LogP contribution in [0, 0.1) is 0 Å². The van der Waals surface area contributed by atoms with Crippen LogP contribution in [0.1, 0.15) is 181 Å². The Morgan fingerprint density at radius 2 is 1.12 bits per heavy atom. The molecule has 0 saturated carbocycles. The summed E-state index contributed by atoms with van der Waals surface area (Å²) >= 11 is 0. The zero-order valence-electron chi connectivity index (χ0n) is 28.2. The average molecular weight is 583 g/mol. The molecule has 0 aromatic heterocycles. The maximum Gasteiger partial charge on any atom is 0.305 e. The van der Waals surface area contributed by atoms with Crippen LogP contribution < -0.4 is 5.32 Å². The standard InChI is InChI=1S/C36H74N2O3/c1-4-6-8-10-12-20-26-34-41-36(40)28-22-16-14-19-25-31-38(32-33-39)30-24-18-13-15-21-27-35(3)37-29-23-17-11-9-7-5-2/h35,37,39H,4-34H2,1-3H3. The third-order valence-electron chi connectivity index (χ3n) is 8.42. The molecule has 5 nitrogen and oxygen atoms in total. The van der Waals surface area contributed by atoms with Gasteiger partial charge in [-0.05, 0) is 65.1 Å². The van der Waals surface area contributed by atoms with E-state index in [-0.39, 0.29) is 12.6 Å². The first-order valence-electron chi connectivity index (χ1n) is 18.4. The molecule has 0 aromatic carbocycles. The largest absolute Gasteiger partial charge is 0.466 e. The second-order valence-corrected chi connectivity index (χ2v) is 12.6. The van der Waals surface area contributed by atoms with E-state index in [2.05, 4.69) is 31.0 Å². The smallest absolute Gasteiger partial charge is 0.305 e. The Hall–Kier alpha value is -0.650. The van der Waals surface area contributed by atoms with Crippen molar-refractivity contribution in [3.63, 3.8) is 0 Å². The maximum absolute atomic E-state index is 11.9. The van der Waals surface area contributed by atoms with E-state index in [1.807, 2.05) is 0 Å². The summed E-state index contributed by atoms with van der Waals surface area (Å²) in [6, 6.07) is 0.652. The average Bonchev–Trinajstić information content (AvgIpc) is 2.96. The summed E-state index contributed by atoms with van der Waals surface area (Å²) in [5.74, 6) is -0.0141. The Morgan fingerprint density at radius 1 is 0.634 bits per heavy atom. The van der Waals surface area contributed by atoms with Crippen LogP contribution in [-0.2, 0) is 9.53 Å². The van der Waals surface area contributed by atoms with E-state index < -0.39 is 0 Å². The van der Waals surface area contributed by atoms with Crippen LogP contribution in [0.3, 0.4) is 0 Å². The predicted octanol–water partition coefficient (Wildman–Crippen LogP) is 9.59. The topological polar surface area (TPSA) is 61.8 Å². The van der Waals surface area contributed by atoms with Crippen molar-refractivity contribution < 1.29 is 14.6 Å². The first-order valence-corrected chi connectivity index (χ1v) is 18.4. The highest BCUT2D eigenvalue weighted by Gasteiger charge is 2.06. The zero-order chi connectivity index (χ0) is 30.1. The summed E-state index contributed by atoms with van der Waals surface area (Å²) in [5.41, 5.74) is 0. The van der Waals surface area contributed by atoms with Crippen molar-refractivity contribution in [2.75, 3.05) is 39.4 Å². The van der Waals surface area contributed by atoms with Crippen molar-refractivity contribution in [2.24, 2.45) is 0 Å². The van der Waals surface area contributed by atoms with Crippen LogP contribution in [0.25, 0.3) is 0 Å². The minimum absolute atomic E-state index is 0.0141. The van der Waals surface area contributed by atoms with Gasteiger partial charge in [-0.25, -0.2) is 0 Å². The summed E-state index contributed by atoms with van der Waals surface area (Å²) < 4.78 is 5.39. The van der Waals surface area contributed by atoms with E-state index in [1.54, 1.807) is 0 Å². The van der Waals surface area contributed by atoms with E-state index in [4.69, 9.17) is 4.74 Å². The molecule has 0 radical (unpaired) electrons. The van der Waals surface area contributed by atoms with Crippen molar-refractivity contribution in [2.45, 2.75) is 187 Å². The molecule has 0 saturated heterocycles. The van der Waals surface area contributed by atoms with Gasteiger partial charge in [-0.1, -0.05) is 129 Å². The van der Waals surface area contributed by atoms with E-state index in [0.717, 1.165) is 38.9 Å². The molecular formula is C36H74N2O3. The Kier molecular flexibility index (Phi) is 33.3. The molecule has 2 N–H and O–H groups in total. The van der Waals surface area contributed by atoms with Crippen molar-refractivity contribution in [3.8, 4) is 0 Å². The molecule has 0 spiro atoms. The highest BCUT2D eigenvalue weighted by Crippen LogP contribution is 2.12. The monoisotopic (exact) mass is 583 g/mol. The number of esters is 1. The molecule has 1 unspecified atom stereocenters. The number of carbonyl (C=O) groups is 1. The molecule has 0 aliphatic heterocycles. The Bertz CT molecular complexity index is 517. The number of hydrogen-bond acceptors (Lipinski definition) is 5. The second kappa shape index (κ2) is 33.8. The van der Waals surface area contributed by atoms with Crippen molar-refractivity contribution in [1.29, 1.82) is 0 Å². The molecule has 5 heteroatoms. The number of nitrogens with zero attached hydrogens (tertiary/aromatic N) is 1. The number of unbranched alkanes of at least 4 members (excludes halogenated alkanes) is 19. The van der Waals surface area contributed by atoms with Gasteiger partial charge in [-0.3, -0.25) is 4.79 Å². The molecule has 0 bridgehead atoms. The highest BCUT2D eigenvalue weighted by atomic mass is 16.5. The number of ether oxygens (including phenoxy) is 1. The van der Waals surface area contributed by atoms with Gasteiger partial charge in [-0.2, -0.15) is 0 Å². The van der Waals surface area contributed by atoms with Gasteiger partial charge in [0.25, 0.3) is 0 Å². The van der Waals surface area contributed by atoms with Crippen LogP contribution in [0.5, 0.6) is 0 Å². The summed E-state index contributed by atoms with van der Waals surface area (Å²) in [6.45, 7) is 11.9. The van der Waals surface area contributed by atoms with E-state index in [1.165, 1.54) is 141 Å². The van der Waals surface area contributed by atoms with Crippen molar-refractivity contribution >= 4 is 5.97 Å². The third kappa shape index (κ3) is 32.1. The Morgan fingerprint density at radius 3 is 1.71 bits per heavy atom. The fourth-order valence-electron chi connectivity index (χ4n) is 5.60. The molecule has 0 rings (SSSR count). The molecule has 246 valence electrons. The van der Waals surface area contributed by atoms with Gasteiger partial charge < -0.3 is 20.1 Å². The fraction of sp³-hybridized carbons (Fsp3) is 0.972. The number of aliphatic hydroxyl groups excluding tert-OH is 1. The van der Waals surface area contributed by atoms with Gasteiger partial charge in [0.2, 0.25) is 0 Å². The minimum Gasteiger partial charge on any atom is -0.466 e. The highest BCUT2D eigenvalue weighted by molar-refractivity contribution is 5.69. The zero-order valence-corrected chi connectivity index (χ0v) is 28.2. The molecular weight excluding hydrogens is 508 g/mol. The Balaban J connectivity index is 3.54. The summed E-state index contributed by atoms with van der Waals surface area (Å²) in [6.07, 6.45) is 31.1. The van der Waals surface area contributed by atoms with Gasteiger partial charge >= 0.3 is 5.97 Å². The molecule has 1 atom stereocenters. The molecule has 0 aromatic rings. The molecule has 0 aliphatic carbocycles. The molecule has 0 aliphatic rings. The predicted molar refractivity (Wildman–Crippen MR) is 179 cm³/mol. The lowest BCUT2D eigenvalue weighted by Crippen LogP contribution is -2.29. The number of hydrogen-bond donors (Lipinski definition) is 2. The summed E-state index contributed by atoms with van der Waals surface area (Å²) in [5, 5.41) is 13.2. The van der Waals surface area contributed by atoms with Gasteiger partial charge in [0.05, 0.1) is 13.2 Å². The van der Waals surface area contributed by atoms with Crippen LogP contribution in [0.4, 0.5) is 0 Å². The van der Waals surface area contributed by atoms with Gasteiger partial charge in [0, 0.05) is 19.0 Å². The maximum atomic E-state index is 11.9. The van der Waals surface area contributed by atoms with Gasteiger partial charge in [0.1, 0.15) is 0 Å². The molecule has 0 heterocycles. The normalized spacial score (nSPS) is 12.3. The first-order chi connectivity index (χ1) is 20.1. The first kappa shape index (κ1) is 40.4. The van der Waals surface area contributed by atoms with Crippen LogP contribution >= 0.6 is 0 Å². The molecule has 0 fully saturated rings. The number of nitrogens with one attached hydrogen (secondary N) is 1. The lowest BCUT2D eigenvalue weighted by molar-refractivity contribution is -0.143. The lowest BCUT2D eigenvalue weighted by Gasteiger charge is -2.21. The minimum atomic E-state index is -0.0141. The van der Waals surface area contributed by atoms with E-state index >= 15 is 0 Å². The van der Waals surface area contributed by atoms with Crippen LogP contribution in [0.15, 0.2) is 0 Å². The number of carbonyl (C=O) groups excluding carboxylic acids is 1.